The summed E-state index contributed by atoms with van der Waals surface area (Å²) in [5.41, 5.74) is 1.08. The highest BCUT2D eigenvalue weighted by atomic mass is 35.5. The second-order valence-corrected chi connectivity index (χ2v) is 5.80. The van der Waals surface area contributed by atoms with E-state index in [2.05, 4.69) is 10.1 Å². The van der Waals surface area contributed by atoms with Gasteiger partial charge in [0.2, 0.25) is 0 Å². The fraction of sp³-hybridized carbons (Fsp3) is 0.167. The molecule has 0 unspecified atom stereocenters. The maximum absolute atomic E-state index is 12.3. The summed E-state index contributed by atoms with van der Waals surface area (Å²) in [6.07, 6.45) is 0. The van der Waals surface area contributed by atoms with E-state index >= 15 is 0 Å². The number of Topliss-reactive ketones (excluding diaryl/α,β-unsaturated/α-hetero) is 1. The molecular weight excluding hydrogens is 362 g/mol. The highest BCUT2D eigenvalue weighted by Crippen LogP contribution is 2.29. The maximum Gasteiger partial charge on any atom is 0.337 e. The van der Waals surface area contributed by atoms with Crippen molar-refractivity contribution in [1.29, 1.82) is 0 Å². The van der Waals surface area contributed by atoms with Crippen molar-refractivity contribution in [2.45, 2.75) is 0 Å². The molecule has 1 N–H and O–H groups in total. The van der Waals surface area contributed by atoms with E-state index < -0.39 is 5.97 Å². The van der Waals surface area contributed by atoms with Gasteiger partial charge >= 0.3 is 5.97 Å². The minimum atomic E-state index is -0.521. The summed E-state index contributed by atoms with van der Waals surface area (Å²) in [4.78, 5) is 35.1. The van der Waals surface area contributed by atoms with E-state index in [4.69, 9.17) is 21.1 Å². The van der Waals surface area contributed by atoms with Crippen molar-refractivity contribution >= 4 is 34.9 Å². The molecule has 0 saturated heterocycles. The summed E-state index contributed by atoms with van der Waals surface area (Å²) in [6, 6.07) is 9.11. The summed E-state index contributed by atoms with van der Waals surface area (Å²) in [5, 5.41) is 2.83. The Morgan fingerprint density at radius 1 is 1.19 bits per heavy atom. The number of benzene rings is 2. The van der Waals surface area contributed by atoms with Crippen LogP contribution in [0.1, 0.15) is 20.7 Å². The van der Waals surface area contributed by atoms with Crippen LogP contribution >= 0.6 is 11.6 Å². The minimum Gasteiger partial charge on any atom is -0.484 e. The Morgan fingerprint density at radius 3 is 2.69 bits per heavy atom. The predicted octanol–water partition coefficient (Wildman–Crippen LogP) is 2.72. The lowest BCUT2D eigenvalue weighted by atomic mass is 10.1. The van der Waals surface area contributed by atoms with Crippen LogP contribution in [0.5, 0.6) is 11.5 Å². The van der Waals surface area contributed by atoms with Crippen LogP contribution in [0, 0.1) is 0 Å². The van der Waals surface area contributed by atoms with Crippen LogP contribution in [0.2, 0.25) is 5.02 Å². The molecule has 0 fully saturated rings. The molecule has 0 saturated carbocycles. The molecule has 1 aliphatic heterocycles. The van der Waals surface area contributed by atoms with Crippen molar-refractivity contribution < 1.29 is 28.6 Å². The number of fused-ring (bicyclic) bond motifs is 1. The number of nitrogens with one attached hydrogen (secondary N) is 1. The number of anilines is 1. The molecule has 26 heavy (non-hydrogen) atoms. The van der Waals surface area contributed by atoms with Gasteiger partial charge < -0.3 is 19.5 Å². The molecule has 0 radical (unpaired) electrons. The Balaban J connectivity index is 1.68. The Labute approximate surface area is 153 Å². The third-order valence-corrected chi connectivity index (χ3v) is 3.94. The van der Waals surface area contributed by atoms with E-state index in [0.717, 1.165) is 0 Å². The number of esters is 1. The SMILES string of the molecule is COC(=O)c1ccc(OCC(=O)c2ccc3c(c2)NC(=O)CO3)c(Cl)c1. The van der Waals surface area contributed by atoms with Crippen molar-refractivity contribution in [3.8, 4) is 11.5 Å². The molecule has 0 aliphatic carbocycles. The summed E-state index contributed by atoms with van der Waals surface area (Å²) in [6.45, 7) is -0.311. The van der Waals surface area contributed by atoms with Gasteiger partial charge in [-0.3, -0.25) is 9.59 Å². The number of methoxy groups -OCH3 is 1. The Bertz CT molecular complexity index is 895. The van der Waals surface area contributed by atoms with Crippen molar-refractivity contribution in [2.75, 3.05) is 25.6 Å². The number of carbonyl (C=O) groups excluding carboxylic acids is 3. The van der Waals surface area contributed by atoms with Crippen LogP contribution in [-0.4, -0.2) is 38.0 Å². The number of carbonyl (C=O) groups is 3. The van der Waals surface area contributed by atoms with E-state index in [0.29, 0.717) is 17.0 Å². The molecule has 2 aromatic rings. The zero-order valence-electron chi connectivity index (χ0n) is 13.7. The molecule has 1 amide bonds. The Kier molecular flexibility index (Phi) is 5.09. The van der Waals surface area contributed by atoms with E-state index in [1.807, 2.05) is 0 Å². The number of hydrogen-bond acceptors (Lipinski definition) is 6. The maximum atomic E-state index is 12.3. The molecule has 1 aliphatic rings. The van der Waals surface area contributed by atoms with Gasteiger partial charge in [-0.1, -0.05) is 11.6 Å². The fourth-order valence-corrected chi connectivity index (χ4v) is 2.58. The molecule has 1 heterocycles. The van der Waals surface area contributed by atoms with Gasteiger partial charge in [0.15, 0.2) is 19.0 Å². The molecule has 134 valence electrons. The van der Waals surface area contributed by atoms with Gasteiger partial charge in [-0.2, -0.15) is 0 Å². The van der Waals surface area contributed by atoms with Crippen LogP contribution in [-0.2, 0) is 9.53 Å². The zero-order valence-corrected chi connectivity index (χ0v) is 14.5. The lowest BCUT2D eigenvalue weighted by molar-refractivity contribution is -0.118. The van der Waals surface area contributed by atoms with Crippen LogP contribution in [0.15, 0.2) is 36.4 Å². The van der Waals surface area contributed by atoms with Gasteiger partial charge in [0.05, 0.1) is 23.4 Å². The van der Waals surface area contributed by atoms with Gasteiger partial charge in [-0.25, -0.2) is 4.79 Å². The minimum absolute atomic E-state index is 0.0521. The lowest BCUT2D eigenvalue weighted by Gasteiger charge is -2.18. The second kappa shape index (κ2) is 7.45. The topological polar surface area (TPSA) is 90.9 Å². The Morgan fingerprint density at radius 2 is 1.96 bits per heavy atom. The van der Waals surface area contributed by atoms with Gasteiger partial charge in [0.1, 0.15) is 11.5 Å². The first-order valence-electron chi connectivity index (χ1n) is 7.58. The van der Waals surface area contributed by atoms with Crippen LogP contribution in [0.3, 0.4) is 0 Å². The molecule has 3 rings (SSSR count). The number of ether oxygens (including phenoxy) is 3. The normalized spacial score (nSPS) is 12.5. The van der Waals surface area contributed by atoms with Crippen molar-refractivity contribution in [1.82, 2.24) is 0 Å². The predicted molar refractivity (Wildman–Crippen MR) is 93.2 cm³/mol. The van der Waals surface area contributed by atoms with Gasteiger partial charge in [0.25, 0.3) is 5.91 Å². The van der Waals surface area contributed by atoms with E-state index in [-0.39, 0.29) is 41.2 Å². The van der Waals surface area contributed by atoms with Gasteiger partial charge in [0, 0.05) is 5.56 Å². The molecule has 8 heteroatoms. The van der Waals surface area contributed by atoms with Crippen LogP contribution in [0.4, 0.5) is 5.69 Å². The summed E-state index contributed by atoms with van der Waals surface area (Å²) >= 11 is 6.06. The molecule has 7 nitrogen and oxygen atoms in total. The zero-order chi connectivity index (χ0) is 18.7. The smallest absolute Gasteiger partial charge is 0.337 e. The first-order valence-corrected chi connectivity index (χ1v) is 7.96. The monoisotopic (exact) mass is 375 g/mol. The van der Waals surface area contributed by atoms with Crippen LogP contribution in [0.25, 0.3) is 0 Å². The quantitative estimate of drug-likeness (QED) is 0.638. The summed E-state index contributed by atoms with van der Waals surface area (Å²) < 4.78 is 15.3. The first-order chi connectivity index (χ1) is 12.5. The number of amides is 1. The van der Waals surface area contributed by atoms with Crippen molar-refractivity contribution in [3.05, 3.63) is 52.5 Å². The van der Waals surface area contributed by atoms with Crippen LogP contribution < -0.4 is 14.8 Å². The third kappa shape index (κ3) is 3.78. The molecule has 2 aromatic carbocycles. The molecule has 0 aromatic heterocycles. The lowest BCUT2D eigenvalue weighted by Crippen LogP contribution is -2.25. The van der Waals surface area contributed by atoms with E-state index in [1.165, 1.54) is 31.4 Å². The molecule has 0 spiro atoms. The first kappa shape index (κ1) is 17.8. The number of ketones is 1. The third-order valence-electron chi connectivity index (χ3n) is 3.65. The number of rotatable bonds is 5. The van der Waals surface area contributed by atoms with E-state index in [1.54, 1.807) is 12.1 Å². The Hall–Kier alpha value is -3.06. The molecular formula is C18H14ClNO6. The molecule has 0 bridgehead atoms. The largest absolute Gasteiger partial charge is 0.484 e. The van der Waals surface area contributed by atoms with Gasteiger partial charge in [-0.05, 0) is 36.4 Å². The van der Waals surface area contributed by atoms with Gasteiger partial charge in [-0.15, -0.1) is 0 Å². The summed E-state index contributed by atoms with van der Waals surface area (Å²) in [5.74, 6) is -0.338. The second-order valence-electron chi connectivity index (χ2n) is 5.40. The van der Waals surface area contributed by atoms with Crippen molar-refractivity contribution in [3.63, 3.8) is 0 Å². The summed E-state index contributed by atoms with van der Waals surface area (Å²) in [7, 11) is 1.27. The van der Waals surface area contributed by atoms with E-state index in [9.17, 15) is 14.4 Å². The van der Waals surface area contributed by atoms with Crippen molar-refractivity contribution in [2.24, 2.45) is 0 Å². The standard InChI is InChI=1S/C18H14ClNO6/c1-24-18(23)11-3-4-15(12(19)6-11)25-8-14(21)10-2-5-16-13(7-10)20-17(22)9-26-16/h2-7H,8-9H2,1H3,(H,20,22). The average Bonchev–Trinajstić information content (AvgIpc) is 2.65. The number of hydrogen-bond donors (Lipinski definition) is 1. The average molecular weight is 376 g/mol. The highest BCUT2D eigenvalue weighted by Gasteiger charge is 2.18. The molecule has 0 atom stereocenters. The highest BCUT2D eigenvalue weighted by molar-refractivity contribution is 6.32. The number of halogens is 1. The fourth-order valence-electron chi connectivity index (χ4n) is 2.35.